The maximum atomic E-state index is 11.6. The van der Waals surface area contributed by atoms with Gasteiger partial charge in [-0.15, -0.1) is 0 Å². The van der Waals surface area contributed by atoms with Crippen LogP contribution in [0.4, 0.5) is 5.00 Å². The largest absolute Gasteiger partial charge is 0.456 e. The zero-order valence-electron chi connectivity index (χ0n) is 8.75. The average molecular weight is 214 g/mol. The molecule has 1 heterocycles. The van der Waals surface area contributed by atoms with Gasteiger partial charge in [0, 0.05) is 0 Å². The van der Waals surface area contributed by atoms with Crippen LogP contribution in [0.3, 0.4) is 0 Å². The molecule has 0 aromatic carbocycles. The van der Waals surface area contributed by atoms with E-state index >= 15 is 0 Å². The number of nitrogens with zero attached hydrogens (tertiary/aromatic N) is 1. The van der Waals surface area contributed by atoms with Gasteiger partial charge in [-0.1, -0.05) is 0 Å². The number of aromatic nitrogens is 1. The summed E-state index contributed by atoms with van der Waals surface area (Å²) in [7, 11) is 0. The van der Waals surface area contributed by atoms with Crippen molar-refractivity contribution in [3.8, 4) is 0 Å². The van der Waals surface area contributed by atoms with Crippen LogP contribution in [0, 0.1) is 6.92 Å². The highest BCUT2D eigenvalue weighted by Crippen LogP contribution is 2.23. The number of carbonyl (C=O) groups is 1. The third-order valence-corrected chi connectivity index (χ3v) is 2.26. The number of aryl methyl sites for hydroxylation is 1. The summed E-state index contributed by atoms with van der Waals surface area (Å²) >= 11 is 1.11. The lowest BCUT2D eigenvalue weighted by atomic mass is 10.2. The molecule has 0 unspecified atom stereocenters. The first kappa shape index (κ1) is 11.0. The Balaban J connectivity index is 2.90. The normalized spacial score (nSPS) is 11.4. The molecule has 1 aromatic rings. The van der Waals surface area contributed by atoms with E-state index in [1.807, 2.05) is 20.8 Å². The summed E-state index contributed by atoms with van der Waals surface area (Å²) in [5.41, 5.74) is 6.13. The van der Waals surface area contributed by atoms with Gasteiger partial charge in [-0.3, -0.25) is 0 Å². The molecule has 1 rings (SSSR count). The average Bonchev–Trinajstić information content (AvgIpc) is 2.27. The Labute approximate surface area is 87.2 Å². The molecular formula is C9H14N2O2S. The number of nitrogens with two attached hydrogens (primary N) is 1. The Morgan fingerprint density at radius 1 is 1.50 bits per heavy atom. The molecule has 0 atom stereocenters. The Morgan fingerprint density at radius 3 is 2.43 bits per heavy atom. The first-order chi connectivity index (χ1) is 6.31. The molecule has 5 heteroatoms. The van der Waals surface area contributed by atoms with Crippen molar-refractivity contribution in [2.75, 3.05) is 5.73 Å². The van der Waals surface area contributed by atoms with Crippen LogP contribution in [0.1, 0.15) is 36.8 Å². The zero-order valence-corrected chi connectivity index (χ0v) is 9.57. The van der Waals surface area contributed by atoms with Crippen molar-refractivity contribution >= 4 is 22.5 Å². The first-order valence-corrected chi connectivity index (χ1v) is 5.03. The van der Waals surface area contributed by atoms with Gasteiger partial charge in [-0.2, -0.15) is 4.37 Å². The number of hydrogen-bond donors (Lipinski definition) is 1. The van der Waals surface area contributed by atoms with E-state index < -0.39 is 11.6 Å². The van der Waals surface area contributed by atoms with Crippen molar-refractivity contribution in [3.05, 3.63) is 11.3 Å². The van der Waals surface area contributed by atoms with Gasteiger partial charge in [0.05, 0.1) is 5.69 Å². The van der Waals surface area contributed by atoms with Crippen LogP contribution in [0.2, 0.25) is 0 Å². The summed E-state index contributed by atoms with van der Waals surface area (Å²) in [4.78, 5) is 11.6. The predicted octanol–water partition coefficient (Wildman–Crippen LogP) is 1.99. The van der Waals surface area contributed by atoms with E-state index in [1.54, 1.807) is 6.92 Å². The number of rotatable bonds is 1. The number of anilines is 1. The first-order valence-electron chi connectivity index (χ1n) is 4.26. The lowest BCUT2D eigenvalue weighted by Gasteiger charge is -2.19. The minimum Gasteiger partial charge on any atom is -0.456 e. The van der Waals surface area contributed by atoms with Crippen molar-refractivity contribution < 1.29 is 9.53 Å². The highest BCUT2D eigenvalue weighted by Gasteiger charge is 2.23. The fourth-order valence-corrected chi connectivity index (χ4v) is 1.61. The molecule has 0 fully saturated rings. The third kappa shape index (κ3) is 2.45. The molecule has 0 radical (unpaired) electrons. The minimum atomic E-state index is -0.502. The van der Waals surface area contributed by atoms with E-state index in [4.69, 9.17) is 10.5 Å². The van der Waals surface area contributed by atoms with Crippen molar-refractivity contribution in [3.63, 3.8) is 0 Å². The molecule has 0 saturated carbocycles. The Morgan fingerprint density at radius 2 is 2.07 bits per heavy atom. The number of ether oxygens (including phenoxy) is 1. The van der Waals surface area contributed by atoms with Crippen LogP contribution in [0.15, 0.2) is 0 Å². The van der Waals surface area contributed by atoms with Crippen molar-refractivity contribution in [2.24, 2.45) is 0 Å². The quantitative estimate of drug-likeness (QED) is 0.726. The Kier molecular flexibility index (Phi) is 2.80. The summed E-state index contributed by atoms with van der Waals surface area (Å²) in [6, 6.07) is 0. The van der Waals surface area contributed by atoms with Gasteiger partial charge in [0.1, 0.15) is 16.2 Å². The Hall–Kier alpha value is -1.10. The lowest BCUT2D eigenvalue weighted by Crippen LogP contribution is -2.24. The van der Waals surface area contributed by atoms with Crippen LogP contribution in [0.25, 0.3) is 0 Å². The second-order valence-corrected chi connectivity index (χ2v) is 4.81. The number of esters is 1. The summed E-state index contributed by atoms with van der Waals surface area (Å²) in [6.07, 6.45) is 0. The number of hydrogen-bond acceptors (Lipinski definition) is 5. The van der Waals surface area contributed by atoms with Crippen molar-refractivity contribution in [1.29, 1.82) is 0 Å². The van der Waals surface area contributed by atoms with Gasteiger partial charge < -0.3 is 10.5 Å². The predicted molar refractivity (Wildman–Crippen MR) is 56.4 cm³/mol. The summed E-state index contributed by atoms with van der Waals surface area (Å²) in [6.45, 7) is 7.19. The van der Waals surface area contributed by atoms with E-state index in [9.17, 15) is 4.79 Å². The third-order valence-electron chi connectivity index (χ3n) is 1.49. The number of carbonyl (C=O) groups excluding carboxylic acids is 1. The summed E-state index contributed by atoms with van der Waals surface area (Å²) in [5, 5.41) is 0.414. The van der Waals surface area contributed by atoms with Crippen LogP contribution in [-0.4, -0.2) is 15.9 Å². The van der Waals surface area contributed by atoms with Gasteiger partial charge in [-0.05, 0) is 39.2 Å². The topological polar surface area (TPSA) is 65.2 Å². The van der Waals surface area contributed by atoms with Crippen LogP contribution >= 0.6 is 11.5 Å². The van der Waals surface area contributed by atoms with Crippen LogP contribution < -0.4 is 5.73 Å². The molecule has 14 heavy (non-hydrogen) atoms. The van der Waals surface area contributed by atoms with Crippen molar-refractivity contribution in [2.45, 2.75) is 33.3 Å². The molecule has 1 aromatic heterocycles. The summed E-state index contributed by atoms with van der Waals surface area (Å²) < 4.78 is 9.17. The SMILES string of the molecule is Cc1nsc(N)c1C(=O)OC(C)(C)C. The van der Waals surface area contributed by atoms with Gasteiger partial charge in [-0.25, -0.2) is 4.79 Å². The molecule has 4 nitrogen and oxygen atoms in total. The molecule has 0 saturated heterocycles. The van der Waals surface area contributed by atoms with Gasteiger partial charge in [0.2, 0.25) is 0 Å². The fourth-order valence-electron chi connectivity index (χ4n) is 0.965. The minimum absolute atomic E-state index is 0.393. The molecule has 0 aliphatic carbocycles. The number of nitrogen functional groups attached to an aromatic ring is 1. The smallest absolute Gasteiger partial charge is 0.343 e. The molecule has 2 N–H and O–H groups in total. The van der Waals surface area contributed by atoms with E-state index in [-0.39, 0.29) is 0 Å². The lowest BCUT2D eigenvalue weighted by molar-refractivity contribution is 0.00703. The van der Waals surface area contributed by atoms with E-state index in [1.165, 1.54) is 0 Å². The molecule has 0 spiro atoms. The van der Waals surface area contributed by atoms with E-state index in [0.717, 1.165) is 11.5 Å². The van der Waals surface area contributed by atoms with Crippen molar-refractivity contribution in [1.82, 2.24) is 4.37 Å². The zero-order chi connectivity index (χ0) is 10.9. The highest BCUT2D eigenvalue weighted by molar-refractivity contribution is 7.10. The van der Waals surface area contributed by atoms with Crippen LogP contribution in [0.5, 0.6) is 0 Å². The molecule has 0 amide bonds. The Bertz CT molecular complexity index is 333. The molecular weight excluding hydrogens is 200 g/mol. The monoisotopic (exact) mass is 214 g/mol. The molecule has 0 bridgehead atoms. The van der Waals surface area contributed by atoms with Gasteiger partial charge >= 0.3 is 5.97 Å². The summed E-state index contributed by atoms with van der Waals surface area (Å²) in [5.74, 6) is -0.402. The molecule has 0 aliphatic heterocycles. The molecule has 0 aliphatic rings. The van der Waals surface area contributed by atoms with E-state index in [2.05, 4.69) is 4.37 Å². The molecule has 78 valence electrons. The van der Waals surface area contributed by atoms with E-state index in [0.29, 0.717) is 16.3 Å². The van der Waals surface area contributed by atoms with Crippen LogP contribution in [-0.2, 0) is 4.74 Å². The van der Waals surface area contributed by atoms with Gasteiger partial charge in [0.15, 0.2) is 0 Å². The van der Waals surface area contributed by atoms with Gasteiger partial charge in [0.25, 0.3) is 0 Å². The maximum absolute atomic E-state index is 11.6. The fraction of sp³-hybridized carbons (Fsp3) is 0.556. The highest BCUT2D eigenvalue weighted by atomic mass is 32.1. The second-order valence-electron chi connectivity index (χ2n) is 4.01. The maximum Gasteiger partial charge on any atom is 0.343 e. The second kappa shape index (κ2) is 3.57. The standard InChI is InChI=1S/C9H14N2O2S/c1-5-6(7(10)14-11-5)8(12)13-9(2,3)4/h10H2,1-4H3.